The number of nitrogens with one attached hydrogen (secondary N) is 1. The van der Waals surface area contributed by atoms with E-state index in [1.807, 2.05) is 77.4 Å². The van der Waals surface area contributed by atoms with Crippen molar-refractivity contribution >= 4 is 29.9 Å². The minimum atomic E-state index is 0. The Morgan fingerprint density at radius 1 is 1.21 bits per heavy atom. The van der Waals surface area contributed by atoms with Crippen molar-refractivity contribution in [2.45, 2.75) is 18.9 Å². The second-order valence-corrected chi connectivity index (χ2v) is 7.55. The van der Waals surface area contributed by atoms with E-state index in [2.05, 4.69) is 5.32 Å². The molecule has 0 spiro atoms. The standard InChI is InChI=1S/C22H23ClN4O.ClH/c1-26(20-11-12-24-14-20)21(28)13-17-15-27(19-5-3-2-4-6-19)25-22(17)16-7-9-18(23)10-8-16;/h2-10,15,20,24H,11-14H2,1H3;1H. The van der Waals surface area contributed by atoms with E-state index in [9.17, 15) is 4.79 Å². The number of halogens is 2. The van der Waals surface area contributed by atoms with Crippen LogP contribution in [0.3, 0.4) is 0 Å². The number of para-hydroxylation sites is 1. The van der Waals surface area contributed by atoms with Crippen molar-refractivity contribution in [2.75, 3.05) is 20.1 Å². The molecule has 3 aromatic rings. The molecule has 29 heavy (non-hydrogen) atoms. The zero-order chi connectivity index (χ0) is 19.5. The van der Waals surface area contributed by atoms with Gasteiger partial charge in [0, 0.05) is 42.0 Å². The highest BCUT2D eigenvalue weighted by atomic mass is 35.5. The number of amides is 1. The molecular formula is C22H24Cl2N4O. The van der Waals surface area contributed by atoms with Crippen LogP contribution in [0.2, 0.25) is 5.02 Å². The third kappa shape index (κ3) is 4.81. The molecule has 1 N–H and O–H groups in total. The normalized spacial score (nSPS) is 15.7. The van der Waals surface area contributed by atoms with E-state index in [-0.39, 0.29) is 24.4 Å². The third-order valence-electron chi connectivity index (χ3n) is 5.25. The first-order valence-electron chi connectivity index (χ1n) is 9.48. The summed E-state index contributed by atoms with van der Waals surface area (Å²) in [7, 11) is 1.89. The van der Waals surface area contributed by atoms with Gasteiger partial charge in [-0.3, -0.25) is 4.79 Å². The molecule has 5 nitrogen and oxygen atoms in total. The van der Waals surface area contributed by atoms with Crippen molar-refractivity contribution < 1.29 is 4.79 Å². The van der Waals surface area contributed by atoms with Gasteiger partial charge in [0.25, 0.3) is 0 Å². The number of carbonyl (C=O) groups is 1. The third-order valence-corrected chi connectivity index (χ3v) is 5.50. The molecule has 1 amide bonds. The molecule has 1 atom stereocenters. The Bertz CT molecular complexity index is 951. The minimum Gasteiger partial charge on any atom is -0.341 e. The Balaban J connectivity index is 0.00000240. The van der Waals surface area contributed by atoms with Gasteiger partial charge < -0.3 is 10.2 Å². The predicted octanol–water partition coefficient (Wildman–Crippen LogP) is 3.98. The van der Waals surface area contributed by atoms with Crippen LogP contribution in [0, 0.1) is 0 Å². The quantitative estimate of drug-likeness (QED) is 0.665. The van der Waals surface area contributed by atoms with E-state index in [1.165, 1.54) is 0 Å². The van der Waals surface area contributed by atoms with Gasteiger partial charge in [0.1, 0.15) is 0 Å². The number of hydrogen-bond acceptors (Lipinski definition) is 3. The number of benzene rings is 2. The zero-order valence-corrected chi connectivity index (χ0v) is 17.8. The fraction of sp³-hybridized carbons (Fsp3) is 0.273. The summed E-state index contributed by atoms with van der Waals surface area (Å²) in [6.45, 7) is 1.82. The van der Waals surface area contributed by atoms with Crippen molar-refractivity contribution in [3.63, 3.8) is 0 Å². The molecule has 1 unspecified atom stereocenters. The van der Waals surface area contributed by atoms with E-state index < -0.39 is 0 Å². The molecule has 0 bridgehead atoms. The highest BCUT2D eigenvalue weighted by Gasteiger charge is 2.24. The summed E-state index contributed by atoms with van der Waals surface area (Å²) in [5.74, 6) is 0.108. The van der Waals surface area contributed by atoms with Crippen molar-refractivity contribution in [3.05, 3.63) is 71.4 Å². The van der Waals surface area contributed by atoms with Crippen molar-refractivity contribution in [1.82, 2.24) is 20.0 Å². The van der Waals surface area contributed by atoms with Gasteiger partial charge >= 0.3 is 0 Å². The van der Waals surface area contributed by atoms with Crippen molar-refractivity contribution in [2.24, 2.45) is 0 Å². The first-order valence-corrected chi connectivity index (χ1v) is 9.86. The molecular weight excluding hydrogens is 407 g/mol. The van der Waals surface area contributed by atoms with Crippen molar-refractivity contribution in [3.8, 4) is 16.9 Å². The van der Waals surface area contributed by atoms with Crippen LogP contribution >= 0.6 is 24.0 Å². The Hall–Kier alpha value is -2.34. The molecule has 7 heteroatoms. The van der Waals surface area contributed by atoms with E-state index in [0.29, 0.717) is 11.4 Å². The Morgan fingerprint density at radius 2 is 1.93 bits per heavy atom. The maximum Gasteiger partial charge on any atom is 0.227 e. The molecule has 0 saturated carbocycles. The SMILES string of the molecule is CN(C(=O)Cc1cn(-c2ccccc2)nc1-c1ccc(Cl)cc1)C1CCNC1.Cl. The maximum atomic E-state index is 12.9. The largest absolute Gasteiger partial charge is 0.341 e. The summed E-state index contributed by atoms with van der Waals surface area (Å²) in [5.41, 5.74) is 3.64. The molecule has 1 aliphatic heterocycles. The lowest BCUT2D eigenvalue weighted by molar-refractivity contribution is -0.130. The van der Waals surface area contributed by atoms with Crippen LogP contribution in [0.15, 0.2) is 60.8 Å². The summed E-state index contributed by atoms with van der Waals surface area (Å²) in [6.07, 6.45) is 3.27. The lowest BCUT2D eigenvalue weighted by Crippen LogP contribution is -2.39. The van der Waals surface area contributed by atoms with Gasteiger partial charge in [0.2, 0.25) is 5.91 Å². The number of nitrogens with zero attached hydrogens (tertiary/aromatic N) is 3. The molecule has 0 radical (unpaired) electrons. The molecule has 152 valence electrons. The van der Waals surface area contributed by atoms with Gasteiger partial charge in [-0.1, -0.05) is 41.9 Å². The summed E-state index contributed by atoms with van der Waals surface area (Å²) < 4.78 is 1.84. The van der Waals surface area contributed by atoms with Crippen LogP contribution < -0.4 is 5.32 Å². The number of rotatable bonds is 5. The molecule has 4 rings (SSSR count). The van der Waals surface area contributed by atoms with E-state index >= 15 is 0 Å². The van der Waals surface area contributed by atoms with Crippen LogP contribution in [-0.4, -0.2) is 46.8 Å². The molecule has 1 aliphatic rings. The molecule has 2 aromatic carbocycles. The van der Waals surface area contributed by atoms with E-state index in [1.54, 1.807) is 0 Å². The molecule has 1 saturated heterocycles. The fourth-order valence-corrected chi connectivity index (χ4v) is 3.69. The summed E-state index contributed by atoms with van der Waals surface area (Å²) >= 11 is 6.05. The van der Waals surface area contributed by atoms with Gasteiger partial charge in [0.15, 0.2) is 0 Å². The number of hydrogen-bond donors (Lipinski definition) is 1. The predicted molar refractivity (Wildman–Crippen MR) is 119 cm³/mol. The van der Waals surface area contributed by atoms with E-state index in [0.717, 1.165) is 42.0 Å². The molecule has 1 fully saturated rings. The maximum absolute atomic E-state index is 12.9. The molecule has 0 aliphatic carbocycles. The van der Waals surface area contributed by atoms with Crippen LogP contribution in [0.1, 0.15) is 12.0 Å². The number of aromatic nitrogens is 2. The Labute approximate surface area is 182 Å². The fourth-order valence-electron chi connectivity index (χ4n) is 3.56. The Kier molecular flexibility index (Phi) is 6.96. The van der Waals surface area contributed by atoms with Crippen LogP contribution in [0.4, 0.5) is 0 Å². The first-order chi connectivity index (χ1) is 13.6. The van der Waals surface area contributed by atoms with Gasteiger partial charge in [-0.15, -0.1) is 12.4 Å². The summed E-state index contributed by atoms with van der Waals surface area (Å²) in [6, 6.07) is 17.8. The van der Waals surface area contributed by atoms with Gasteiger partial charge in [0.05, 0.1) is 17.8 Å². The average Bonchev–Trinajstić information content (AvgIpc) is 3.39. The lowest BCUT2D eigenvalue weighted by atomic mass is 10.1. The average molecular weight is 431 g/mol. The lowest BCUT2D eigenvalue weighted by Gasteiger charge is -2.23. The Morgan fingerprint density at radius 3 is 2.59 bits per heavy atom. The second-order valence-electron chi connectivity index (χ2n) is 7.12. The topological polar surface area (TPSA) is 50.2 Å². The van der Waals surface area contributed by atoms with Crippen LogP contribution in [0.5, 0.6) is 0 Å². The molecule has 2 heterocycles. The molecule has 1 aromatic heterocycles. The van der Waals surface area contributed by atoms with Crippen molar-refractivity contribution in [1.29, 1.82) is 0 Å². The second kappa shape index (κ2) is 9.44. The van der Waals surface area contributed by atoms with Crippen LogP contribution in [-0.2, 0) is 11.2 Å². The van der Waals surface area contributed by atoms with Gasteiger partial charge in [-0.2, -0.15) is 5.10 Å². The van der Waals surface area contributed by atoms with E-state index in [4.69, 9.17) is 16.7 Å². The zero-order valence-electron chi connectivity index (χ0n) is 16.2. The van der Waals surface area contributed by atoms with Gasteiger partial charge in [-0.25, -0.2) is 4.68 Å². The number of likely N-dealkylation sites (N-methyl/N-ethyl adjacent to an activating group) is 1. The smallest absolute Gasteiger partial charge is 0.227 e. The summed E-state index contributed by atoms with van der Waals surface area (Å²) in [5, 5.41) is 8.78. The summed E-state index contributed by atoms with van der Waals surface area (Å²) in [4.78, 5) is 14.8. The highest BCUT2D eigenvalue weighted by Crippen LogP contribution is 2.26. The number of carbonyl (C=O) groups excluding carboxylic acids is 1. The first kappa shape index (κ1) is 21.4. The van der Waals surface area contributed by atoms with Gasteiger partial charge in [-0.05, 0) is 37.2 Å². The highest BCUT2D eigenvalue weighted by molar-refractivity contribution is 6.30. The van der Waals surface area contributed by atoms with Crippen LogP contribution in [0.25, 0.3) is 16.9 Å². The minimum absolute atomic E-state index is 0. The monoisotopic (exact) mass is 430 g/mol.